The maximum absolute atomic E-state index is 13.4. The first kappa shape index (κ1) is 26.4. The molecule has 180 valence electrons. The number of halogens is 2. The second kappa shape index (κ2) is 12.5. The van der Waals surface area contributed by atoms with E-state index in [2.05, 4.69) is 5.32 Å². The molecule has 0 aliphatic carbocycles. The molecule has 0 unspecified atom stereocenters. The van der Waals surface area contributed by atoms with E-state index in [1.165, 1.54) is 24.3 Å². The molecule has 0 bridgehead atoms. The number of carbonyl (C=O) groups excluding carboxylic acids is 1. The molecule has 0 radical (unpaired) electrons. The van der Waals surface area contributed by atoms with Crippen molar-refractivity contribution < 1.29 is 13.2 Å². The minimum atomic E-state index is -3.97. The zero-order chi connectivity index (χ0) is 24.6. The van der Waals surface area contributed by atoms with Crippen molar-refractivity contribution in [3.8, 4) is 0 Å². The van der Waals surface area contributed by atoms with E-state index < -0.39 is 10.0 Å². The second-order valence-electron chi connectivity index (χ2n) is 7.60. The molecule has 34 heavy (non-hydrogen) atoms. The molecule has 3 aromatic rings. The third kappa shape index (κ3) is 7.15. The predicted molar refractivity (Wildman–Crippen MR) is 142 cm³/mol. The van der Waals surface area contributed by atoms with Gasteiger partial charge in [-0.25, -0.2) is 8.42 Å². The molecule has 0 saturated carbocycles. The maximum atomic E-state index is 13.4. The van der Waals surface area contributed by atoms with Gasteiger partial charge in [-0.1, -0.05) is 59.6 Å². The van der Waals surface area contributed by atoms with Crippen molar-refractivity contribution in [2.45, 2.75) is 24.0 Å². The fraction of sp³-hybridized carbons (Fsp3) is 0.240. The fourth-order valence-electron chi connectivity index (χ4n) is 3.26. The highest BCUT2D eigenvalue weighted by molar-refractivity contribution is 7.98. The monoisotopic (exact) mass is 536 g/mol. The minimum absolute atomic E-state index is 0.0731. The van der Waals surface area contributed by atoms with Gasteiger partial charge in [0.25, 0.3) is 10.0 Å². The summed E-state index contributed by atoms with van der Waals surface area (Å²) in [7, 11) is -3.97. The topological polar surface area (TPSA) is 66.5 Å². The number of anilines is 1. The number of benzene rings is 3. The summed E-state index contributed by atoms with van der Waals surface area (Å²) in [6.07, 6.45) is 0.759. The van der Waals surface area contributed by atoms with Crippen molar-refractivity contribution in [3.63, 3.8) is 0 Å². The molecule has 0 aromatic heterocycles. The molecule has 1 amide bonds. The Morgan fingerprint density at radius 3 is 2.35 bits per heavy atom. The number of hydrogen-bond acceptors (Lipinski definition) is 4. The highest BCUT2D eigenvalue weighted by Crippen LogP contribution is 2.27. The van der Waals surface area contributed by atoms with Crippen molar-refractivity contribution in [3.05, 3.63) is 94.0 Å². The SMILES string of the molecule is Cc1ccccc1N(CC(=O)NCCCSCc1ccccc1Cl)S(=O)(=O)c1ccc(Cl)cc1. The molecule has 0 saturated heterocycles. The molecule has 0 fully saturated rings. The Balaban J connectivity index is 1.60. The van der Waals surface area contributed by atoms with E-state index in [4.69, 9.17) is 23.2 Å². The van der Waals surface area contributed by atoms with Crippen LogP contribution in [-0.2, 0) is 20.6 Å². The zero-order valence-corrected chi connectivity index (χ0v) is 21.9. The van der Waals surface area contributed by atoms with E-state index in [0.717, 1.165) is 38.4 Å². The number of nitrogens with one attached hydrogen (secondary N) is 1. The molecular weight excluding hydrogens is 511 g/mol. The van der Waals surface area contributed by atoms with Gasteiger partial charge in [-0.05, 0) is 66.6 Å². The summed E-state index contributed by atoms with van der Waals surface area (Å²) in [4.78, 5) is 12.8. The highest BCUT2D eigenvalue weighted by Gasteiger charge is 2.28. The Kier molecular flexibility index (Phi) is 9.71. The van der Waals surface area contributed by atoms with Gasteiger partial charge in [0, 0.05) is 22.3 Å². The van der Waals surface area contributed by atoms with Crippen LogP contribution in [0.5, 0.6) is 0 Å². The van der Waals surface area contributed by atoms with Crippen molar-refractivity contribution >= 4 is 56.6 Å². The van der Waals surface area contributed by atoms with Gasteiger partial charge in [-0.15, -0.1) is 0 Å². The number of para-hydroxylation sites is 1. The predicted octanol–water partition coefficient (Wildman–Crippen LogP) is 5.94. The molecular formula is C25H26Cl2N2O3S2. The summed E-state index contributed by atoms with van der Waals surface area (Å²) in [6, 6.07) is 20.7. The lowest BCUT2D eigenvalue weighted by atomic mass is 10.2. The number of amides is 1. The van der Waals surface area contributed by atoms with Crippen molar-refractivity contribution in [2.75, 3.05) is 23.1 Å². The van der Waals surface area contributed by atoms with Crippen LogP contribution in [0.2, 0.25) is 10.0 Å². The van der Waals surface area contributed by atoms with E-state index in [1.807, 2.05) is 43.3 Å². The van der Waals surface area contributed by atoms with Crippen molar-refractivity contribution in [1.29, 1.82) is 0 Å². The van der Waals surface area contributed by atoms with Crippen LogP contribution < -0.4 is 9.62 Å². The Hall–Kier alpha value is -2.19. The quantitative estimate of drug-likeness (QED) is 0.308. The van der Waals surface area contributed by atoms with Gasteiger partial charge in [0.1, 0.15) is 6.54 Å². The van der Waals surface area contributed by atoms with Crippen LogP contribution in [0, 0.1) is 6.92 Å². The van der Waals surface area contributed by atoms with Gasteiger partial charge in [0.15, 0.2) is 0 Å². The van der Waals surface area contributed by atoms with Crippen LogP contribution in [0.25, 0.3) is 0 Å². The summed E-state index contributed by atoms with van der Waals surface area (Å²) in [5.74, 6) is 1.28. The summed E-state index contributed by atoms with van der Waals surface area (Å²) in [5, 5.41) is 4.03. The van der Waals surface area contributed by atoms with Gasteiger partial charge in [0.05, 0.1) is 10.6 Å². The fourth-order valence-corrected chi connectivity index (χ4v) is 6.12. The van der Waals surface area contributed by atoms with Gasteiger partial charge >= 0.3 is 0 Å². The molecule has 0 spiro atoms. The van der Waals surface area contributed by atoms with Crippen LogP contribution in [0.15, 0.2) is 77.7 Å². The number of sulfonamides is 1. The number of aryl methyl sites for hydroxylation is 1. The summed E-state index contributed by atoms with van der Waals surface area (Å²) < 4.78 is 27.9. The average Bonchev–Trinajstić information content (AvgIpc) is 2.81. The Bertz CT molecular complexity index is 1220. The Morgan fingerprint density at radius 1 is 0.971 bits per heavy atom. The third-order valence-electron chi connectivity index (χ3n) is 5.08. The first-order valence-corrected chi connectivity index (χ1v) is 14.1. The number of hydrogen-bond donors (Lipinski definition) is 1. The maximum Gasteiger partial charge on any atom is 0.264 e. The first-order chi connectivity index (χ1) is 16.3. The molecule has 9 heteroatoms. The van der Waals surface area contributed by atoms with Crippen LogP contribution in [0.4, 0.5) is 5.69 Å². The molecule has 0 aliphatic rings. The zero-order valence-electron chi connectivity index (χ0n) is 18.7. The highest BCUT2D eigenvalue weighted by atomic mass is 35.5. The second-order valence-corrected chi connectivity index (χ2v) is 11.4. The van der Waals surface area contributed by atoms with Gasteiger partial charge in [-0.3, -0.25) is 9.10 Å². The summed E-state index contributed by atoms with van der Waals surface area (Å²) in [6.45, 7) is 1.95. The number of thioether (sulfide) groups is 1. The first-order valence-electron chi connectivity index (χ1n) is 10.7. The molecule has 3 rings (SSSR count). The van der Waals surface area contributed by atoms with Crippen LogP contribution in [0.3, 0.4) is 0 Å². The van der Waals surface area contributed by atoms with E-state index in [-0.39, 0.29) is 17.3 Å². The van der Waals surface area contributed by atoms with E-state index >= 15 is 0 Å². The van der Waals surface area contributed by atoms with Gasteiger partial charge in [-0.2, -0.15) is 11.8 Å². The number of rotatable bonds is 11. The molecule has 1 N–H and O–H groups in total. The van der Waals surface area contributed by atoms with E-state index in [0.29, 0.717) is 17.3 Å². The summed E-state index contributed by atoms with van der Waals surface area (Å²) >= 11 is 13.8. The van der Waals surface area contributed by atoms with Crippen molar-refractivity contribution in [2.24, 2.45) is 0 Å². The summed E-state index contributed by atoms with van der Waals surface area (Å²) in [5.41, 5.74) is 2.30. The molecule has 0 aliphatic heterocycles. The Morgan fingerprint density at radius 2 is 1.65 bits per heavy atom. The molecule has 5 nitrogen and oxygen atoms in total. The van der Waals surface area contributed by atoms with Crippen LogP contribution in [-0.4, -0.2) is 33.2 Å². The third-order valence-corrected chi connectivity index (χ3v) is 8.56. The van der Waals surface area contributed by atoms with Gasteiger partial charge < -0.3 is 5.32 Å². The lowest BCUT2D eigenvalue weighted by Gasteiger charge is -2.25. The van der Waals surface area contributed by atoms with Crippen molar-refractivity contribution in [1.82, 2.24) is 5.32 Å². The van der Waals surface area contributed by atoms with E-state index in [9.17, 15) is 13.2 Å². The largest absolute Gasteiger partial charge is 0.354 e. The molecule has 3 aromatic carbocycles. The normalized spacial score (nSPS) is 11.3. The lowest BCUT2D eigenvalue weighted by molar-refractivity contribution is -0.119. The Labute approximate surface area is 215 Å². The lowest BCUT2D eigenvalue weighted by Crippen LogP contribution is -2.41. The standard InChI is InChI=1S/C25H26Cl2N2O3S2/c1-19-7-2-5-10-24(19)29(34(31,32)22-13-11-21(26)12-14-22)17-25(30)28-15-6-16-33-18-20-8-3-4-9-23(20)27/h2-5,7-14H,6,15-18H2,1H3,(H,28,30). The molecule has 0 atom stereocenters. The average molecular weight is 538 g/mol. The van der Waals surface area contributed by atoms with Crippen LogP contribution >= 0.6 is 35.0 Å². The number of nitrogens with zero attached hydrogens (tertiary/aromatic N) is 1. The van der Waals surface area contributed by atoms with Gasteiger partial charge in [0.2, 0.25) is 5.91 Å². The number of carbonyl (C=O) groups is 1. The van der Waals surface area contributed by atoms with E-state index in [1.54, 1.807) is 23.9 Å². The smallest absolute Gasteiger partial charge is 0.264 e. The molecule has 0 heterocycles. The van der Waals surface area contributed by atoms with Crippen LogP contribution in [0.1, 0.15) is 17.5 Å². The minimum Gasteiger partial charge on any atom is -0.354 e.